The van der Waals surface area contributed by atoms with Crippen LogP contribution in [0.5, 0.6) is 0 Å². The van der Waals surface area contributed by atoms with Crippen molar-refractivity contribution in [3.05, 3.63) is 0 Å². The minimum absolute atomic E-state index is 0.105. The van der Waals surface area contributed by atoms with Crippen LogP contribution in [0.25, 0.3) is 0 Å². The molecule has 94 valence electrons. The van der Waals surface area contributed by atoms with E-state index in [-0.39, 0.29) is 13.0 Å². The first kappa shape index (κ1) is 13.2. The summed E-state index contributed by atoms with van der Waals surface area (Å²) in [4.78, 5) is 12.7. The van der Waals surface area contributed by atoms with E-state index < -0.39 is 30.2 Å². The first-order valence-corrected chi connectivity index (χ1v) is 5.18. The Morgan fingerprint density at radius 2 is 2.06 bits per heavy atom. The topological polar surface area (TPSA) is 70.0 Å². The molecule has 0 aliphatic carbocycles. The molecule has 0 spiro atoms. The Bertz CT molecular complexity index is 274. The molecule has 1 amide bonds. The van der Waals surface area contributed by atoms with Gasteiger partial charge in [-0.3, -0.25) is 0 Å². The summed E-state index contributed by atoms with van der Waals surface area (Å²) in [6.07, 6.45) is -2.50. The molecule has 1 rings (SSSR count). The number of alkyl halides is 1. The van der Waals surface area contributed by atoms with Gasteiger partial charge in [0.05, 0.1) is 6.54 Å². The summed E-state index contributed by atoms with van der Waals surface area (Å²) in [6.45, 7) is 4.77. The van der Waals surface area contributed by atoms with Gasteiger partial charge in [-0.25, -0.2) is 9.18 Å². The monoisotopic (exact) mass is 235 g/mol. The fourth-order valence-corrected chi connectivity index (χ4v) is 1.44. The van der Waals surface area contributed by atoms with Crippen LogP contribution in [0.15, 0.2) is 0 Å². The Morgan fingerprint density at radius 1 is 1.50 bits per heavy atom. The summed E-state index contributed by atoms with van der Waals surface area (Å²) in [6, 6.07) is 0. The Hall–Kier alpha value is -0.880. The summed E-state index contributed by atoms with van der Waals surface area (Å²) in [7, 11) is 0. The van der Waals surface area contributed by atoms with Gasteiger partial charge in [0.15, 0.2) is 6.17 Å². The summed E-state index contributed by atoms with van der Waals surface area (Å²) < 4.78 is 18.1. The van der Waals surface area contributed by atoms with E-state index in [4.69, 9.17) is 4.74 Å². The Labute approximate surface area is 93.8 Å². The molecule has 1 saturated heterocycles. The minimum Gasteiger partial charge on any atom is -0.444 e. The van der Waals surface area contributed by atoms with E-state index in [1.165, 1.54) is 0 Å². The van der Waals surface area contributed by atoms with Crippen LogP contribution in [0.1, 0.15) is 27.2 Å². The number of rotatable bonds is 0. The van der Waals surface area contributed by atoms with Gasteiger partial charge in [0.1, 0.15) is 5.60 Å². The van der Waals surface area contributed by atoms with Crippen molar-refractivity contribution < 1.29 is 24.1 Å². The molecule has 1 fully saturated rings. The first-order chi connectivity index (χ1) is 7.12. The van der Waals surface area contributed by atoms with Gasteiger partial charge in [0, 0.05) is 13.0 Å². The van der Waals surface area contributed by atoms with Gasteiger partial charge in [-0.1, -0.05) is 0 Å². The maximum atomic E-state index is 13.1. The Kier molecular flexibility index (Phi) is 3.44. The molecule has 0 aromatic carbocycles. The number of likely N-dealkylation sites (tertiary alicyclic amines) is 1. The highest BCUT2D eigenvalue weighted by atomic mass is 19.1. The molecule has 0 aromatic heterocycles. The third-order valence-corrected chi connectivity index (χ3v) is 2.23. The predicted molar refractivity (Wildman–Crippen MR) is 54.5 cm³/mol. The van der Waals surface area contributed by atoms with Crippen LogP contribution in [-0.4, -0.2) is 51.9 Å². The third kappa shape index (κ3) is 3.31. The fraction of sp³-hybridized carbons (Fsp3) is 0.900. The number of amides is 1. The molecule has 0 radical (unpaired) electrons. The van der Waals surface area contributed by atoms with Crippen molar-refractivity contribution >= 4 is 6.09 Å². The largest absolute Gasteiger partial charge is 0.444 e. The van der Waals surface area contributed by atoms with E-state index in [1.807, 2.05) is 0 Å². The number of carbonyl (C=O) groups excluding carboxylic acids is 1. The average Bonchev–Trinajstić information content (AvgIpc) is 2.06. The third-order valence-electron chi connectivity index (χ3n) is 2.23. The zero-order valence-corrected chi connectivity index (χ0v) is 9.73. The lowest BCUT2D eigenvalue weighted by Crippen LogP contribution is -2.57. The van der Waals surface area contributed by atoms with Crippen LogP contribution in [-0.2, 0) is 4.74 Å². The molecule has 1 unspecified atom stereocenters. The van der Waals surface area contributed by atoms with Crippen molar-refractivity contribution in [2.75, 3.05) is 13.1 Å². The molecule has 0 aromatic rings. The molecular weight excluding hydrogens is 217 g/mol. The second-order valence-corrected chi connectivity index (χ2v) is 5.04. The standard InChI is InChI=1S/C10H18FNO4/c1-9(2,3)16-8(13)12-5-4-7(11)10(14,15)6-12/h7,14-15H,4-6H2,1-3H3. The number of aliphatic hydroxyl groups is 2. The van der Waals surface area contributed by atoms with Gasteiger partial charge in [-0.05, 0) is 20.8 Å². The first-order valence-electron chi connectivity index (χ1n) is 5.18. The molecule has 1 heterocycles. The smallest absolute Gasteiger partial charge is 0.410 e. The normalized spacial score (nSPS) is 25.4. The summed E-state index contributed by atoms with van der Waals surface area (Å²) in [5, 5.41) is 18.6. The lowest BCUT2D eigenvalue weighted by Gasteiger charge is -2.38. The highest BCUT2D eigenvalue weighted by Crippen LogP contribution is 2.23. The van der Waals surface area contributed by atoms with Gasteiger partial charge in [0.2, 0.25) is 5.79 Å². The van der Waals surface area contributed by atoms with Gasteiger partial charge in [0.25, 0.3) is 0 Å². The number of ether oxygens (including phenoxy) is 1. The molecule has 1 aliphatic rings. The highest BCUT2D eigenvalue weighted by molar-refractivity contribution is 5.68. The summed E-state index contributed by atoms with van der Waals surface area (Å²) in [5.74, 6) is -2.48. The highest BCUT2D eigenvalue weighted by Gasteiger charge is 2.43. The van der Waals surface area contributed by atoms with Gasteiger partial charge in [-0.2, -0.15) is 0 Å². The van der Waals surface area contributed by atoms with Crippen LogP contribution >= 0.6 is 0 Å². The predicted octanol–water partition coefficient (Wildman–Crippen LogP) is 0.646. The molecule has 0 saturated carbocycles. The molecule has 1 aliphatic heterocycles. The Morgan fingerprint density at radius 3 is 2.50 bits per heavy atom. The van der Waals surface area contributed by atoms with Crippen molar-refractivity contribution in [2.24, 2.45) is 0 Å². The molecule has 6 heteroatoms. The van der Waals surface area contributed by atoms with Crippen molar-refractivity contribution in [3.63, 3.8) is 0 Å². The molecule has 1 atom stereocenters. The van der Waals surface area contributed by atoms with Crippen LogP contribution in [0, 0.1) is 0 Å². The number of carbonyl (C=O) groups is 1. The maximum absolute atomic E-state index is 13.1. The van der Waals surface area contributed by atoms with Crippen LogP contribution < -0.4 is 0 Å². The quantitative estimate of drug-likeness (QED) is 0.605. The number of β-amino-alcohol motifs (C(OH)–C–C–N with tert-alkyl or cyclic N) is 2. The van der Waals surface area contributed by atoms with Gasteiger partial charge < -0.3 is 19.8 Å². The molecule has 0 bridgehead atoms. The van der Waals surface area contributed by atoms with E-state index in [0.717, 1.165) is 4.90 Å². The fourth-order valence-electron chi connectivity index (χ4n) is 1.44. The molecule has 5 nitrogen and oxygen atoms in total. The van der Waals surface area contributed by atoms with Crippen LogP contribution in [0.2, 0.25) is 0 Å². The van der Waals surface area contributed by atoms with Crippen LogP contribution in [0.4, 0.5) is 9.18 Å². The van der Waals surface area contributed by atoms with Crippen LogP contribution in [0.3, 0.4) is 0 Å². The number of halogens is 1. The number of nitrogens with zero attached hydrogens (tertiary/aromatic N) is 1. The average molecular weight is 235 g/mol. The van der Waals surface area contributed by atoms with E-state index in [9.17, 15) is 19.4 Å². The van der Waals surface area contributed by atoms with Gasteiger partial charge >= 0.3 is 6.09 Å². The van der Waals surface area contributed by atoms with Gasteiger partial charge in [-0.15, -0.1) is 0 Å². The molecule has 16 heavy (non-hydrogen) atoms. The SMILES string of the molecule is CC(C)(C)OC(=O)N1CCC(F)C(O)(O)C1. The second-order valence-electron chi connectivity index (χ2n) is 5.04. The zero-order valence-electron chi connectivity index (χ0n) is 9.73. The van der Waals surface area contributed by atoms with E-state index in [2.05, 4.69) is 0 Å². The van der Waals surface area contributed by atoms with E-state index in [1.54, 1.807) is 20.8 Å². The minimum atomic E-state index is -2.48. The molecule has 2 N–H and O–H groups in total. The van der Waals surface area contributed by atoms with Crippen molar-refractivity contribution in [1.29, 1.82) is 0 Å². The number of hydrogen-bond acceptors (Lipinski definition) is 4. The summed E-state index contributed by atoms with van der Waals surface area (Å²) in [5.41, 5.74) is -0.656. The Balaban J connectivity index is 2.60. The number of hydrogen-bond donors (Lipinski definition) is 2. The lowest BCUT2D eigenvalue weighted by atomic mass is 10.0. The molecular formula is C10H18FNO4. The number of piperidine rings is 1. The zero-order chi connectivity index (χ0) is 12.6. The van der Waals surface area contributed by atoms with E-state index >= 15 is 0 Å². The van der Waals surface area contributed by atoms with E-state index in [0.29, 0.717) is 0 Å². The van der Waals surface area contributed by atoms with Crippen molar-refractivity contribution in [2.45, 2.75) is 44.8 Å². The van der Waals surface area contributed by atoms with Crippen molar-refractivity contribution in [3.8, 4) is 0 Å². The maximum Gasteiger partial charge on any atom is 0.410 e. The lowest BCUT2D eigenvalue weighted by molar-refractivity contribution is -0.228. The second kappa shape index (κ2) is 4.18. The summed E-state index contributed by atoms with van der Waals surface area (Å²) >= 11 is 0. The van der Waals surface area contributed by atoms with Crippen molar-refractivity contribution in [1.82, 2.24) is 4.90 Å².